The maximum Gasteiger partial charge on any atom is 0.243 e. The molecule has 1 atom stereocenters. The maximum atomic E-state index is 13.8. The Bertz CT molecular complexity index is 1400. The van der Waals surface area contributed by atoms with Crippen LogP contribution in [-0.4, -0.2) is 57.6 Å². The highest BCUT2D eigenvalue weighted by molar-refractivity contribution is 7.92. The predicted molar refractivity (Wildman–Crippen MR) is 163 cm³/mol. The quantitative estimate of drug-likeness (QED) is 0.272. The van der Waals surface area contributed by atoms with Crippen LogP contribution in [0.3, 0.4) is 0 Å². The van der Waals surface area contributed by atoms with E-state index >= 15 is 0 Å². The third-order valence-electron chi connectivity index (χ3n) is 6.73. The molecule has 0 spiro atoms. The van der Waals surface area contributed by atoms with Crippen molar-refractivity contribution < 1.29 is 27.1 Å². The minimum absolute atomic E-state index is 0.00607. The molecule has 226 valence electrons. The summed E-state index contributed by atoms with van der Waals surface area (Å²) in [6.07, 6.45) is 1.64. The van der Waals surface area contributed by atoms with Crippen LogP contribution < -0.4 is 14.4 Å². The molecule has 0 heterocycles. The largest absolute Gasteiger partial charge is 0.497 e. The molecule has 10 heteroatoms. The molecule has 3 aromatic rings. The summed E-state index contributed by atoms with van der Waals surface area (Å²) in [5.74, 6) is -0.166. The second-order valence-corrected chi connectivity index (χ2v) is 12.5. The second kappa shape index (κ2) is 15.3. The topological polar surface area (TPSA) is 96.0 Å². The van der Waals surface area contributed by atoms with Crippen molar-refractivity contribution in [1.82, 2.24) is 10.2 Å². The molecule has 0 bridgehead atoms. The van der Waals surface area contributed by atoms with Gasteiger partial charge in [-0.25, -0.2) is 12.8 Å². The SMILES string of the molecule is COc1ccc(N(CCCC(=O)N(Cc2ccc(F)cc2)C(Cc2ccccc2)C(=O)NCC(C)C)S(C)(=O)=O)cc1. The number of benzene rings is 3. The van der Waals surface area contributed by atoms with Crippen molar-refractivity contribution in [2.75, 3.05) is 30.8 Å². The average molecular weight is 598 g/mol. The molecule has 0 aromatic heterocycles. The van der Waals surface area contributed by atoms with Crippen molar-refractivity contribution >= 4 is 27.5 Å². The number of methoxy groups -OCH3 is 1. The van der Waals surface area contributed by atoms with Crippen molar-refractivity contribution in [3.63, 3.8) is 0 Å². The number of anilines is 1. The first kappa shape index (κ1) is 32.6. The van der Waals surface area contributed by atoms with E-state index in [0.29, 0.717) is 30.0 Å². The summed E-state index contributed by atoms with van der Waals surface area (Å²) in [4.78, 5) is 28.9. The van der Waals surface area contributed by atoms with Gasteiger partial charge in [0.25, 0.3) is 0 Å². The van der Waals surface area contributed by atoms with Crippen LogP contribution in [0.1, 0.15) is 37.8 Å². The molecule has 0 saturated carbocycles. The molecule has 2 amide bonds. The highest BCUT2D eigenvalue weighted by Crippen LogP contribution is 2.23. The summed E-state index contributed by atoms with van der Waals surface area (Å²) in [6, 6.07) is 21.1. The zero-order valence-corrected chi connectivity index (χ0v) is 25.4. The second-order valence-electron chi connectivity index (χ2n) is 10.6. The summed E-state index contributed by atoms with van der Waals surface area (Å²) in [7, 11) is -2.10. The van der Waals surface area contributed by atoms with E-state index in [-0.39, 0.29) is 43.7 Å². The fourth-order valence-electron chi connectivity index (χ4n) is 4.52. The number of hydrogen-bond donors (Lipinski definition) is 1. The van der Waals surface area contributed by atoms with E-state index < -0.39 is 21.9 Å². The molecule has 8 nitrogen and oxygen atoms in total. The molecule has 0 radical (unpaired) electrons. The molecule has 42 heavy (non-hydrogen) atoms. The van der Waals surface area contributed by atoms with Crippen LogP contribution >= 0.6 is 0 Å². The van der Waals surface area contributed by atoms with Gasteiger partial charge in [-0.05, 0) is 59.9 Å². The normalized spacial score (nSPS) is 12.0. The van der Waals surface area contributed by atoms with E-state index in [4.69, 9.17) is 4.74 Å². The maximum absolute atomic E-state index is 13.8. The van der Waals surface area contributed by atoms with Crippen LogP contribution in [0.4, 0.5) is 10.1 Å². The number of hydrogen-bond acceptors (Lipinski definition) is 5. The van der Waals surface area contributed by atoms with Gasteiger partial charge in [-0.15, -0.1) is 0 Å². The Morgan fingerprint density at radius 3 is 2.14 bits per heavy atom. The van der Waals surface area contributed by atoms with Crippen molar-refractivity contribution in [1.29, 1.82) is 0 Å². The van der Waals surface area contributed by atoms with Crippen molar-refractivity contribution in [2.45, 2.75) is 45.7 Å². The van der Waals surface area contributed by atoms with Crippen LogP contribution in [0.25, 0.3) is 0 Å². The summed E-state index contributed by atoms with van der Waals surface area (Å²) >= 11 is 0. The van der Waals surface area contributed by atoms with Gasteiger partial charge in [0, 0.05) is 32.5 Å². The number of halogens is 1. The minimum Gasteiger partial charge on any atom is -0.497 e. The van der Waals surface area contributed by atoms with E-state index in [1.165, 1.54) is 28.4 Å². The third-order valence-corrected chi connectivity index (χ3v) is 7.93. The Balaban J connectivity index is 1.86. The molecule has 0 aliphatic rings. The summed E-state index contributed by atoms with van der Waals surface area (Å²) in [5.41, 5.74) is 2.03. The van der Waals surface area contributed by atoms with Gasteiger partial charge in [0.15, 0.2) is 0 Å². The van der Waals surface area contributed by atoms with Crippen LogP contribution in [0.15, 0.2) is 78.9 Å². The lowest BCUT2D eigenvalue weighted by Crippen LogP contribution is -2.51. The number of amides is 2. The molecular formula is C32H40FN3O5S. The van der Waals surface area contributed by atoms with Crippen molar-refractivity contribution in [2.24, 2.45) is 5.92 Å². The van der Waals surface area contributed by atoms with Crippen molar-refractivity contribution in [3.05, 3.63) is 95.8 Å². The monoisotopic (exact) mass is 597 g/mol. The predicted octanol–water partition coefficient (Wildman–Crippen LogP) is 4.79. The van der Waals surface area contributed by atoms with E-state index in [0.717, 1.165) is 11.8 Å². The smallest absolute Gasteiger partial charge is 0.243 e. The standard InChI is InChI=1S/C32H40FN3O5S/c1-24(2)22-34-32(38)30(21-25-9-6-5-7-10-25)35(23-26-12-14-27(33)15-13-26)31(37)11-8-20-36(42(4,39)40)28-16-18-29(41-3)19-17-28/h5-7,9-10,12-19,24,30H,8,11,20-23H2,1-4H3,(H,34,38). The Morgan fingerprint density at radius 2 is 1.57 bits per heavy atom. The fourth-order valence-corrected chi connectivity index (χ4v) is 5.48. The van der Waals surface area contributed by atoms with Gasteiger partial charge in [-0.1, -0.05) is 56.3 Å². The fraction of sp³-hybridized carbons (Fsp3) is 0.375. The highest BCUT2D eigenvalue weighted by atomic mass is 32.2. The van der Waals surface area contributed by atoms with Crippen LogP contribution in [0, 0.1) is 11.7 Å². The third kappa shape index (κ3) is 9.87. The lowest BCUT2D eigenvalue weighted by Gasteiger charge is -2.32. The zero-order valence-electron chi connectivity index (χ0n) is 24.6. The Hall–Kier alpha value is -3.92. The van der Waals surface area contributed by atoms with Crippen LogP contribution in [0.5, 0.6) is 5.75 Å². The van der Waals surface area contributed by atoms with Crippen LogP contribution in [-0.2, 0) is 32.6 Å². The summed E-state index contributed by atoms with van der Waals surface area (Å²) in [5, 5.41) is 2.97. The van der Waals surface area contributed by atoms with Gasteiger partial charge in [-0.2, -0.15) is 0 Å². The van der Waals surface area contributed by atoms with Gasteiger partial charge < -0.3 is 15.0 Å². The first-order valence-corrected chi connectivity index (χ1v) is 15.8. The number of rotatable bonds is 15. The molecular weight excluding hydrogens is 557 g/mol. The molecule has 1 unspecified atom stereocenters. The number of sulfonamides is 1. The molecule has 3 aromatic carbocycles. The van der Waals surface area contributed by atoms with Gasteiger partial charge in [0.2, 0.25) is 21.8 Å². The lowest BCUT2D eigenvalue weighted by atomic mass is 10.0. The minimum atomic E-state index is -3.63. The molecule has 3 rings (SSSR count). The number of nitrogens with one attached hydrogen (secondary N) is 1. The molecule has 0 aliphatic carbocycles. The molecule has 0 saturated heterocycles. The van der Waals surface area contributed by atoms with Gasteiger partial charge in [0.1, 0.15) is 17.6 Å². The number of ether oxygens (including phenoxy) is 1. The zero-order chi connectivity index (χ0) is 30.7. The Morgan fingerprint density at radius 1 is 0.929 bits per heavy atom. The first-order valence-electron chi connectivity index (χ1n) is 13.9. The van der Waals surface area contributed by atoms with Gasteiger partial charge in [0.05, 0.1) is 19.1 Å². The van der Waals surface area contributed by atoms with E-state index in [2.05, 4.69) is 5.32 Å². The van der Waals surface area contributed by atoms with E-state index in [9.17, 15) is 22.4 Å². The molecule has 0 fully saturated rings. The van der Waals surface area contributed by atoms with E-state index in [1.54, 1.807) is 36.4 Å². The number of nitrogens with zero attached hydrogens (tertiary/aromatic N) is 2. The lowest BCUT2D eigenvalue weighted by molar-refractivity contribution is -0.141. The average Bonchev–Trinajstić information content (AvgIpc) is 2.96. The Kier molecular flexibility index (Phi) is 11.9. The highest BCUT2D eigenvalue weighted by Gasteiger charge is 2.30. The summed E-state index contributed by atoms with van der Waals surface area (Å²) < 4.78 is 45.3. The van der Waals surface area contributed by atoms with Gasteiger partial charge >= 0.3 is 0 Å². The molecule has 1 N–H and O–H groups in total. The van der Waals surface area contributed by atoms with Gasteiger partial charge in [-0.3, -0.25) is 13.9 Å². The first-order chi connectivity index (χ1) is 20.0. The summed E-state index contributed by atoms with van der Waals surface area (Å²) in [6.45, 7) is 4.60. The molecule has 0 aliphatic heterocycles. The van der Waals surface area contributed by atoms with Crippen LogP contribution in [0.2, 0.25) is 0 Å². The number of carbonyl (C=O) groups excluding carboxylic acids is 2. The number of carbonyl (C=O) groups is 2. The van der Waals surface area contributed by atoms with E-state index in [1.807, 2.05) is 44.2 Å². The van der Waals surface area contributed by atoms with Crippen molar-refractivity contribution in [3.8, 4) is 5.75 Å². The Labute approximate surface area is 248 Å².